The molecule has 0 aromatic rings. The van der Waals surface area contributed by atoms with Crippen molar-refractivity contribution in [2.45, 2.75) is 225 Å². The molecule has 0 spiro atoms. The molecule has 0 radical (unpaired) electrons. The summed E-state index contributed by atoms with van der Waals surface area (Å²) in [5.41, 5.74) is 0. The molecule has 3 N–H and O–H groups in total. The van der Waals surface area contributed by atoms with Crippen molar-refractivity contribution in [1.29, 1.82) is 0 Å². The smallest absolute Gasteiger partial charge is 0.266 e. The SMILES string of the molecule is CCCCCCCCCCCCCCCCCCCCCCCCCC(=O)NC(CS(=O)(=O)O)C(O)CCCCCCCC. The van der Waals surface area contributed by atoms with E-state index in [-0.39, 0.29) is 5.91 Å². The third-order valence-corrected chi connectivity index (χ3v) is 9.84. The van der Waals surface area contributed by atoms with Crippen LogP contribution in [-0.4, -0.2) is 41.9 Å². The molecule has 0 fully saturated rings. The van der Waals surface area contributed by atoms with Gasteiger partial charge in [-0.25, -0.2) is 0 Å². The van der Waals surface area contributed by atoms with Crippen LogP contribution in [0.5, 0.6) is 0 Å². The maximum Gasteiger partial charge on any atom is 0.266 e. The Bertz CT molecular complexity index is 715. The molecule has 0 saturated heterocycles. The molecule has 0 aliphatic rings. The van der Waals surface area contributed by atoms with E-state index in [0.717, 1.165) is 44.9 Å². The van der Waals surface area contributed by atoms with Gasteiger partial charge in [0, 0.05) is 6.42 Å². The highest BCUT2D eigenvalue weighted by Gasteiger charge is 2.26. The first-order valence-corrected chi connectivity index (χ1v) is 20.8. The van der Waals surface area contributed by atoms with Gasteiger partial charge in [0.1, 0.15) is 0 Å². The van der Waals surface area contributed by atoms with Crippen molar-refractivity contribution in [1.82, 2.24) is 5.32 Å². The third-order valence-electron chi connectivity index (χ3n) is 9.06. The Kier molecular flexibility index (Phi) is 31.8. The van der Waals surface area contributed by atoms with E-state index >= 15 is 0 Å². The average Bonchev–Trinajstić information content (AvgIpc) is 2.98. The lowest BCUT2D eigenvalue weighted by Gasteiger charge is -2.23. The minimum Gasteiger partial charge on any atom is -0.391 e. The average molecular weight is 646 g/mol. The number of aliphatic hydroxyl groups is 1. The molecule has 0 aliphatic carbocycles. The Labute approximate surface area is 274 Å². The number of unbranched alkanes of at least 4 members (excludes halogenated alkanes) is 27. The molecule has 0 heterocycles. The highest BCUT2D eigenvalue weighted by atomic mass is 32.2. The number of hydrogen-bond donors (Lipinski definition) is 3. The standard InChI is InChI=1S/C37H75NO5S/c1-3-5-7-9-11-12-13-14-15-16-17-18-19-20-21-22-23-24-25-26-27-29-31-33-37(40)38-35(34-44(41,42)43)36(39)32-30-28-10-8-6-4-2/h35-36,39H,3-34H2,1-2H3,(H,38,40)(H,41,42,43). The summed E-state index contributed by atoms with van der Waals surface area (Å²) in [6.07, 6.45) is 36.7. The van der Waals surface area contributed by atoms with E-state index in [1.54, 1.807) is 0 Å². The Morgan fingerprint density at radius 2 is 0.818 bits per heavy atom. The number of rotatable bonds is 35. The summed E-state index contributed by atoms with van der Waals surface area (Å²) >= 11 is 0. The zero-order valence-electron chi connectivity index (χ0n) is 29.3. The zero-order chi connectivity index (χ0) is 32.6. The predicted molar refractivity (Wildman–Crippen MR) is 189 cm³/mol. The summed E-state index contributed by atoms with van der Waals surface area (Å²) in [5, 5.41) is 13.2. The van der Waals surface area contributed by atoms with Crippen molar-refractivity contribution >= 4 is 16.0 Å². The van der Waals surface area contributed by atoms with Crippen LogP contribution in [0.4, 0.5) is 0 Å². The second kappa shape index (κ2) is 32.3. The first kappa shape index (κ1) is 43.3. The lowest BCUT2D eigenvalue weighted by Crippen LogP contribution is -2.47. The van der Waals surface area contributed by atoms with Gasteiger partial charge in [-0.05, 0) is 12.8 Å². The van der Waals surface area contributed by atoms with Gasteiger partial charge in [-0.1, -0.05) is 194 Å². The van der Waals surface area contributed by atoms with Crippen LogP contribution in [0.2, 0.25) is 0 Å². The van der Waals surface area contributed by atoms with E-state index in [2.05, 4.69) is 19.2 Å². The monoisotopic (exact) mass is 646 g/mol. The van der Waals surface area contributed by atoms with Crippen LogP contribution < -0.4 is 5.32 Å². The van der Waals surface area contributed by atoms with Gasteiger partial charge >= 0.3 is 0 Å². The van der Waals surface area contributed by atoms with Gasteiger partial charge in [0.05, 0.1) is 17.9 Å². The quantitative estimate of drug-likeness (QED) is 0.0470. The summed E-state index contributed by atoms with van der Waals surface area (Å²) in [5.74, 6) is -0.890. The molecule has 264 valence electrons. The number of nitrogens with one attached hydrogen (secondary N) is 1. The summed E-state index contributed by atoms with van der Waals surface area (Å²) in [6.45, 7) is 4.45. The Balaban J connectivity index is 3.63. The molecule has 1 amide bonds. The van der Waals surface area contributed by atoms with E-state index in [0.29, 0.717) is 12.8 Å². The lowest BCUT2D eigenvalue weighted by atomic mass is 10.0. The topological polar surface area (TPSA) is 104 Å². The van der Waals surface area contributed by atoms with Crippen molar-refractivity contribution in [2.24, 2.45) is 0 Å². The summed E-state index contributed by atoms with van der Waals surface area (Å²) < 4.78 is 32.2. The van der Waals surface area contributed by atoms with Gasteiger partial charge in [0.25, 0.3) is 10.1 Å². The molecule has 44 heavy (non-hydrogen) atoms. The third kappa shape index (κ3) is 32.7. The van der Waals surface area contributed by atoms with Gasteiger partial charge in [-0.2, -0.15) is 8.42 Å². The molecule has 7 heteroatoms. The number of carbonyl (C=O) groups excluding carboxylic acids is 1. The van der Waals surface area contributed by atoms with Crippen molar-refractivity contribution in [3.63, 3.8) is 0 Å². The van der Waals surface area contributed by atoms with E-state index in [1.807, 2.05) is 0 Å². The molecule has 2 unspecified atom stereocenters. The minimum atomic E-state index is -4.29. The highest BCUT2D eigenvalue weighted by molar-refractivity contribution is 7.85. The second-order valence-electron chi connectivity index (χ2n) is 13.6. The van der Waals surface area contributed by atoms with Crippen LogP contribution >= 0.6 is 0 Å². The van der Waals surface area contributed by atoms with Gasteiger partial charge in [-0.3, -0.25) is 9.35 Å². The summed E-state index contributed by atoms with van der Waals surface area (Å²) in [7, 11) is -4.29. The largest absolute Gasteiger partial charge is 0.391 e. The summed E-state index contributed by atoms with van der Waals surface area (Å²) in [4.78, 5) is 12.4. The van der Waals surface area contributed by atoms with E-state index in [9.17, 15) is 22.9 Å². The van der Waals surface area contributed by atoms with Crippen LogP contribution in [0.15, 0.2) is 0 Å². The van der Waals surface area contributed by atoms with Gasteiger partial charge in [-0.15, -0.1) is 0 Å². The summed E-state index contributed by atoms with van der Waals surface area (Å²) in [6, 6.07) is -0.960. The molecular formula is C37H75NO5S. The minimum absolute atomic E-state index is 0.246. The number of amides is 1. The van der Waals surface area contributed by atoms with E-state index in [1.165, 1.54) is 141 Å². The van der Waals surface area contributed by atoms with E-state index < -0.39 is 28.0 Å². The molecule has 0 saturated carbocycles. The van der Waals surface area contributed by atoms with E-state index in [4.69, 9.17) is 0 Å². The molecule has 0 aromatic carbocycles. The van der Waals surface area contributed by atoms with Gasteiger partial charge in [0.15, 0.2) is 0 Å². The fourth-order valence-corrected chi connectivity index (χ4v) is 6.92. The first-order chi connectivity index (χ1) is 21.3. The van der Waals surface area contributed by atoms with Gasteiger partial charge in [0.2, 0.25) is 5.91 Å². The van der Waals surface area contributed by atoms with Crippen LogP contribution in [0, 0.1) is 0 Å². The van der Waals surface area contributed by atoms with Gasteiger partial charge < -0.3 is 10.4 Å². The number of hydrogen-bond acceptors (Lipinski definition) is 4. The second-order valence-corrected chi connectivity index (χ2v) is 15.1. The van der Waals surface area contributed by atoms with Crippen molar-refractivity contribution in [3.05, 3.63) is 0 Å². The van der Waals surface area contributed by atoms with Crippen molar-refractivity contribution < 1.29 is 22.9 Å². The van der Waals surface area contributed by atoms with Crippen LogP contribution in [0.1, 0.15) is 213 Å². The Morgan fingerprint density at radius 3 is 1.14 bits per heavy atom. The highest BCUT2D eigenvalue weighted by Crippen LogP contribution is 2.16. The molecule has 2 atom stereocenters. The van der Waals surface area contributed by atoms with Crippen molar-refractivity contribution in [2.75, 3.05) is 5.75 Å². The Morgan fingerprint density at radius 1 is 0.523 bits per heavy atom. The number of aliphatic hydroxyl groups excluding tert-OH is 1. The fraction of sp³-hybridized carbons (Fsp3) is 0.973. The zero-order valence-corrected chi connectivity index (χ0v) is 30.1. The molecule has 0 aromatic heterocycles. The van der Waals surface area contributed by atoms with Crippen LogP contribution in [0.3, 0.4) is 0 Å². The lowest BCUT2D eigenvalue weighted by molar-refractivity contribution is -0.122. The first-order valence-electron chi connectivity index (χ1n) is 19.2. The normalized spacial score (nSPS) is 13.3. The number of carbonyl (C=O) groups is 1. The van der Waals surface area contributed by atoms with Crippen molar-refractivity contribution in [3.8, 4) is 0 Å². The van der Waals surface area contributed by atoms with Crippen LogP contribution in [-0.2, 0) is 14.9 Å². The molecule has 6 nitrogen and oxygen atoms in total. The predicted octanol–water partition coefficient (Wildman–Crippen LogP) is 10.9. The molecular weight excluding hydrogens is 570 g/mol. The maximum absolute atomic E-state index is 12.4. The maximum atomic E-state index is 12.4. The van der Waals surface area contributed by atoms with Crippen LogP contribution in [0.25, 0.3) is 0 Å². The molecule has 0 rings (SSSR count). The molecule has 0 aliphatic heterocycles. The fourth-order valence-electron chi connectivity index (χ4n) is 6.16. The Hall–Kier alpha value is -0.660. The molecule has 0 bridgehead atoms.